The highest BCUT2D eigenvalue weighted by Gasteiger charge is 2.29. The summed E-state index contributed by atoms with van der Waals surface area (Å²) in [6, 6.07) is 4.15. The minimum absolute atomic E-state index is 0.0902. The van der Waals surface area contributed by atoms with Crippen LogP contribution in [0.2, 0.25) is 0 Å². The molecule has 2 aliphatic rings. The minimum atomic E-state index is 0.0902. The van der Waals surface area contributed by atoms with Gasteiger partial charge in [0.2, 0.25) is 5.88 Å². The number of rotatable bonds is 4. The maximum Gasteiger partial charge on any atom is 0.255 e. The summed E-state index contributed by atoms with van der Waals surface area (Å²) < 4.78 is 5.54. The van der Waals surface area contributed by atoms with Crippen LogP contribution in [0, 0.1) is 0 Å². The molecule has 0 saturated carbocycles. The number of amides is 1. The van der Waals surface area contributed by atoms with Crippen molar-refractivity contribution in [1.82, 2.24) is 14.8 Å². The van der Waals surface area contributed by atoms with Gasteiger partial charge in [0, 0.05) is 31.4 Å². The summed E-state index contributed by atoms with van der Waals surface area (Å²) in [5.74, 6) is 0.669. The van der Waals surface area contributed by atoms with Crippen LogP contribution in [0.4, 0.5) is 0 Å². The van der Waals surface area contributed by atoms with Crippen LogP contribution in [0.5, 0.6) is 5.88 Å². The summed E-state index contributed by atoms with van der Waals surface area (Å²) in [6.45, 7) is 8.02. The lowest BCUT2D eigenvalue weighted by Gasteiger charge is -2.37. The van der Waals surface area contributed by atoms with E-state index in [4.69, 9.17) is 4.74 Å². The third kappa shape index (κ3) is 4.02. The van der Waals surface area contributed by atoms with E-state index in [1.54, 1.807) is 12.3 Å². The first-order valence-electron chi connectivity index (χ1n) is 8.79. The van der Waals surface area contributed by atoms with Crippen LogP contribution in [-0.2, 0) is 0 Å². The van der Waals surface area contributed by atoms with Crippen molar-refractivity contribution in [1.29, 1.82) is 0 Å². The predicted octanol–water partition coefficient (Wildman–Crippen LogP) is 2.57. The molecular formula is C18H27N3O2. The molecule has 5 nitrogen and oxygen atoms in total. The van der Waals surface area contributed by atoms with Gasteiger partial charge in [-0.05, 0) is 58.7 Å². The Morgan fingerprint density at radius 1 is 1.22 bits per heavy atom. The molecule has 3 rings (SSSR count). The number of carbonyl (C=O) groups excluding carboxylic acids is 1. The molecule has 2 aliphatic heterocycles. The van der Waals surface area contributed by atoms with Gasteiger partial charge in [-0.3, -0.25) is 9.69 Å². The van der Waals surface area contributed by atoms with Gasteiger partial charge in [-0.25, -0.2) is 4.98 Å². The Balaban J connectivity index is 1.62. The number of aromatic nitrogens is 1. The smallest absolute Gasteiger partial charge is 0.255 e. The van der Waals surface area contributed by atoms with Gasteiger partial charge in [0.15, 0.2) is 0 Å². The van der Waals surface area contributed by atoms with E-state index in [1.807, 2.05) is 24.8 Å². The van der Waals surface area contributed by atoms with Gasteiger partial charge in [0.05, 0.1) is 11.7 Å². The van der Waals surface area contributed by atoms with Gasteiger partial charge < -0.3 is 9.64 Å². The topological polar surface area (TPSA) is 45.7 Å². The number of nitrogens with zero attached hydrogens (tertiary/aromatic N) is 3. The van der Waals surface area contributed by atoms with Gasteiger partial charge in [-0.2, -0.15) is 0 Å². The van der Waals surface area contributed by atoms with E-state index in [1.165, 1.54) is 32.4 Å². The average Bonchev–Trinajstić information content (AvgIpc) is 3.09. The zero-order chi connectivity index (χ0) is 16.2. The SMILES string of the molecule is CC(C)Oc1ccc(C(=O)N2CCC[C@H](N3CCCC3)C2)cn1. The molecule has 0 aliphatic carbocycles. The van der Waals surface area contributed by atoms with E-state index in [0.29, 0.717) is 17.5 Å². The maximum absolute atomic E-state index is 12.7. The van der Waals surface area contributed by atoms with Crippen molar-refractivity contribution in [3.05, 3.63) is 23.9 Å². The van der Waals surface area contributed by atoms with Crippen molar-refractivity contribution < 1.29 is 9.53 Å². The van der Waals surface area contributed by atoms with Crippen LogP contribution in [-0.4, -0.2) is 59.0 Å². The van der Waals surface area contributed by atoms with Crippen molar-refractivity contribution in [3.8, 4) is 5.88 Å². The van der Waals surface area contributed by atoms with Crippen molar-refractivity contribution in [3.63, 3.8) is 0 Å². The molecule has 0 unspecified atom stereocenters. The number of piperidine rings is 1. The minimum Gasteiger partial charge on any atom is -0.475 e. The van der Waals surface area contributed by atoms with E-state index in [9.17, 15) is 4.79 Å². The van der Waals surface area contributed by atoms with Crippen LogP contribution in [0.3, 0.4) is 0 Å². The molecule has 0 spiro atoms. The number of hydrogen-bond donors (Lipinski definition) is 0. The van der Waals surface area contributed by atoms with Crippen molar-refractivity contribution in [2.45, 2.75) is 51.7 Å². The molecule has 0 radical (unpaired) electrons. The summed E-state index contributed by atoms with van der Waals surface area (Å²) in [5.41, 5.74) is 0.656. The molecule has 2 saturated heterocycles. The highest BCUT2D eigenvalue weighted by Crippen LogP contribution is 2.22. The highest BCUT2D eigenvalue weighted by atomic mass is 16.5. The zero-order valence-corrected chi connectivity index (χ0v) is 14.2. The van der Waals surface area contributed by atoms with Crippen LogP contribution < -0.4 is 4.74 Å². The molecule has 3 heterocycles. The molecule has 1 amide bonds. The fourth-order valence-corrected chi connectivity index (χ4v) is 3.54. The van der Waals surface area contributed by atoms with E-state index < -0.39 is 0 Å². The molecule has 23 heavy (non-hydrogen) atoms. The number of hydrogen-bond acceptors (Lipinski definition) is 4. The molecular weight excluding hydrogens is 290 g/mol. The second kappa shape index (κ2) is 7.30. The lowest BCUT2D eigenvalue weighted by Crippen LogP contribution is -2.49. The Bertz CT molecular complexity index is 524. The monoisotopic (exact) mass is 317 g/mol. The van der Waals surface area contributed by atoms with Crippen molar-refractivity contribution >= 4 is 5.91 Å². The van der Waals surface area contributed by atoms with Gasteiger partial charge in [0.1, 0.15) is 0 Å². The normalized spacial score (nSPS) is 22.6. The molecule has 1 atom stereocenters. The quantitative estimate of drug-likeness (QED) is 0.856. The molecule has 0 aromatic carbocycles. The Labute approximate surface area is 138 Å². The van der Waals surface area contributed by atoms with Crippen molar-refractivity contribution in [2.24, 2.45) is 0 Å². The fraction of sp³-hybridized carbons (Fsp3) is 0.667. The average molecular weight is 317 g/mol. The summed E-state index contributed by atoms with van der Waals surface area (Å²) >= 11 is 0. The molecule has 0 bridgehead atoms. The second-order valence-corrected chi connectivity index (χ2v) is 6.84. The number of carbonyl (C=O) groups is 1. The standard InChI is InChI=1S/C18H27N3O2/c1-14(2)23-17-8-7-15(12-19-17)18(22)21-11-5-6-16(13-21)20-9-3-4-10-20/h7-8,12,14,16H,3-6,9-11,13H2,1-2H3/t16-/m0/s1. The van der Waals surface area contributed by atoms with Gasteiger partial charge in [-0.15, -0.1) is 0 Å². The molecule has 5 heteroatoms. The number of pyridine rings is 1. The first-order chi connectivity index (χ1) is 11.1. The molecule has 1 aromatic rings. The summed E-state index contributed by atoms with van der Waals surface area (Å²) in [4.78, 5) is 21.5. The Morgan fingerprint density at radius 2 is 2.00 bits per heavy atom. The van der Waals surface area contributed by atoms with Gasteiger partial charge in [-0.1, -0.05) is 0 Å². The van der Waals surface area contributed by atoms with Crippen molar-refractivity contribution in [2.75, 3.05) is 26.2 Å². The van der Waals surface area contributed by atoms with E-state index in [2.05, 4.69) is 9.88 Å². The lowest BCUT2D eigenvalue weighted by molar-refractivity contribution is 0.0607. The molecule has 0 N–H and O–H groups in total. The maximum atomic E-state index is 12.7. The highest BCUT2D eigenvalue weighted by molar-refractivity contribution is 5.94. The van der Waals surface area contributed by atoms with Crippen LogP contribution >= 0.6 is 0 Å². The molecule has 126 valence electrons. The number of ether oxygens (including phenoxy) is 1. The summed E-state index contributed by atoms with van der Waals surface area (Å²) in [7, 11) is 0. The first kappa shape index (κ1) is 16.2. The molecule has 2 fully saturated rings. The van der Waals surface area contributed by atoms with Crippen LogP contribution in [0.15, 0.2) is 18.3 Å². The van der Waals surface area contributed by atoms with E-state index in [0.717, 1.165) is 19.5 Å². The first-order valence-corrected chi connectivity index (χ1v) is 8.79. The van der Waals surface area contributed by atoms with E-state index >= 15 is 0 Å². The fourth-order valence-electron chi connectivity index (χ4n) is 3.54. The van der Waals surface area contributed by atoms with E-state index in [-0.39, 0.29) is 12.0 Å². The largest absolute Gasteiger partial charge is 0.475 e. The third-order valence-electron chi connectivity index (χ3n) is 4.68. The third-order valence-corrected chi connectivity index (χ3v) is 4.68. The van der Waals surface area contributed by atoms with Gasteiger partial charge in [0.25, 0.3) is 5.91 Å². The Hall–Kier alpha value is -1.62. The van der Waals surface area contributed by atoms with Crippen LogP contribution in [0.25, 0.3) is 0 Å². The number of likely N-dealkylation sites (tertiary alicyclic amines) is 2. The van der Waals surface area contributed by atoms with Crippen LogP contribution in [0.1, 0.15) is 49.9 Å². The predicted molar refractivity (Wildman–Crippen MR) is 89.7 cm³/mol. The van der Waals surface area contributed by atoms with Gasteiger partial charge >= 0.3 is 0 Å². The summed E-state index contributed by atoms with van der Waals surface area (Å²) in [6.07, 6.45) is 6.63. The summed E-state index contributed by atoms with van der Waals surface area (Å²) in [5, 5.41) is 0. The molecule has 1 aromatic heterocycles. The Morgan fingerprint density at radius 3 is 2.65 bits per heavy atom. The Kier molecular flexibility index (Phi) is 5.16. The zero-order valence-electron chi connectivity index (χ0n) is 14.2. The second-order valence-electron chi connectivity index (χ2n) is 6.84. The lowest BCUT2D eigenvalue weighted by atomic mass is 10.0.